The van der Waals surface area contributed by atoms with E-state index in [9.17, 15) is 4.39 Å². The summed E-state index contributed by atoms with van der Waals surface area (Å²) in [6.07, 6.45) is 2.23. The molecule has 1 unspecified atom stereocenters. The third-order valence-corrected chi connectivity index (χ3v) is 3.80. The van der Waals surface area contributed by atoms with Gasteiger partial charge in [0.15, 0.2) is 0 Å². The van der Waals surface area contributed by atoms with E-state index in [1.54, 1.807) is 12.1 Å². The zero-order chi connectivity index (χ0) is 13.8. The fraction of sp³-hybridized carbons (Fsp3) is 0.500. The highest BCUT2D eigenvalue weighted by Gasteiger charge is 2.19. The highest BCUT2D eigenvalue weighted by atomic mass is 32.1. The summed E-state index contributed by atoms with van der Waals surface area (Å²) in [5, 5.41) is 3.28. The van der Waals surface area contributed by atoms with Gasteiger partial charge >= 0.3 is 0 Å². The molecule has 3 nitrogen and oxygen atoms in total. The van der Waals surface area contributed by atoms with Gasteiger partial charge in [-0.25, -0.2) is 4.39 Å². The van der Waals surface area contributed by atoms with Crippen molar-refractivity contribution in [1.29, 1.82) is 0 Å². The lowest BCUT2D eigenvalue weighted by molar-refractivity contribution is 0.226. The number of anilines is 1. The lowest BCUT2D eigenvalue weighted by atomic mass is 10.1. The van der Waals surface area contributed by atoms with Crippen LogP contribution in [0.1, 0.15) is 25.3 Å². The van der Waals surface area contributed by atoms with Crippen LogP contribution in [0.5, 0.6) is 0 Å². The maximum absolute atomic E-state index is 14.0. The molecular formula is C14H20FN3S. The zero-order valence-electron chi connectivity index (χ0n) is 11.2. The van der Waals surface area contributed by atoms with E-state index in [1.807, 2.05) is 0 Å². The number of nitrogens with zero attached hydrogens (tertiary/aromatic N) is 1. The van der Waals surface area contributed by atoms with Gasteiger partial charge in [0.2, 0.25) is 0 Å². The SMILES string of the molecule is CCN1CCCC(Nc2ccc(C(N)=S)cc2F)C1. The Hall–Kier alpha value is -1.20. The molecule has 1 heterocycles. The lowest BCUT2D eigenvalue weighted by Crippen LogP contribution is -2.41. The molecule has 104 valence electrons. The number of halogens is 1. The van der Waals surface area contributed by atoms with E-state index in [0.717, 1.165) is 32.5 Å². The molecule has 0 bridgehead atoms. The molecule has 1 aromatic rings. The monoisotopic (exact) mass is 281 g/mol. The molecule has 2 rings (SSSR count). The van der Waals surface area contributed by atoms with Crippen molar-refractivity contribution in [2.45, 2.75) is 25.8 Å². The molecule has 0 spiro atoms. The molecular weight excluding hydrogens is 261 g/mol. The van der Waals surface area contributed by atoms with Crippen LogP contribution in [0.3, 0.4) is 0 Å². The van der Waals surface area contributed by atoms with Crippen molar-refractivity contribution >= 4 is 22.9 Å². The topological polar surface area (TPSA) is 41.3 Å². The second-order valence-electron chi connectivity index (χ2n) is 4.94. The van der Waals surface area contributed by atoms with Gasteiger partial charge < -0.3 is 16.0 Å². The van der Waals surface area contributed by atoms with Crippen molar-refractivity contribution in [3.05, 3.63) is 29.6 Å². The van der Waals surface area contributed by atoms with E-state index in [2.05, 4.69) is 17.1 Å². The highest BCUT2D eigenvalue weighted by molar-refractivity contribution is 7.80. The maximum Gasteiger partial charge on any atom is 0.146 e. The summed E-state index contributed by atoms with van der Waals surface area (Å²) < 4.78 is 14.0. The Bertz CT molecular complexity index is 464. The van der Waals surface area contributed by atoms with Crippen molar-refractivity contribution in [2.75, 3.05) is 25.0 Å². The van der Waals surface area contributed by atoms with Gasteiger partial charge in [0, 0.05) is 18.2 Å². The van der Waals surface area contributed by atoms with E-state index in [1.165, 1.54) is 6.07 Å². The van der Waals surface area contributed by atoms with E-state index < -0.39 is 0 Å². The predicted molar refractivity (Wildman–Crippen MR) is 81.0 cm³/mol. The maximum atomic E-state index is 14.0. The van der Waals surface area contributed by atoms with Gasteiger partial charge in [-0.05, 0) is 44.1 Å². The fourth-order valence-electron chi connectivity index (χ4n) is 2.47. The standard InChI is InChI=1S/C14H20FN3S/c1-2-18-7-3-4-11(9-18)17-13-6-5-10(14(16)19)8-12(13)15/h5-6,8,11,17H,2-4,7,9H2,1H3,(H2,16,19). The number of thiocarbonyl (C=S) groups is 1. The first-order valence-electron chi connectivity index (χ1n) is 6.68. The van der Waals surface area contributed by atoms with Gasteiger partial charge in [0.05, 0.1) is 5.69 Å². The Morgan fingerprint density at radius 1 is 1.58 bits per heavy atom. The van der Waals surface area contributed by atoms with Crippen LogP contribution in [-0.4, -0.2) is 35.6 Å². The molecule has 0 aromatic heterocycles. The number of nitrogens with two attached hydrogens (primary N) is 1. The largest absolute Gasteiger partial charge is 0.389 e. The summed E-state index contributed by atoms with van der Waals surface area (Å²) in [4.78, 5) is 2.60. The first kappa shape index (κ1) is 14.2. The molecule has 0 amide bonds. The summed E-state index contributed by atoms with van der Waals surface area (Å²) in [6, 6.07) is 5.17. The molecule has 1 aromatic carbocycles. The molecule has 1 fully saturated rings. The number of hydrogen-bond donors (Lipinski definition) is 2. The molecule has 1 aliphatic rings. The number of nitrogens with one attached hydrogen (secondary N) is 1. The van der Waals surface area contributed by atoms with Crippen molar-refractivity contribution in [1.82, 2.24) is 4.90 Å². The summed E-state index contributed by atoms with van der Waals surface area (Å²) in [5.41, 5.74) is 6.59. The van der Waals surface area contributed by atoms with Crippen LogP contribution in [-0.2, 0) is 0 Å². The van der Waals surface area contributed by atoms with E-state index in [-0.39, 0.29) is 10.8 Å². The van der Waals surface area contributed by atoms with Crippen molar-refractivity contribution in [3.63, 3.8) is 0 Å². The molecule has 1 aliphatic heterocycles. The van der Waals surface area contributed by atoms with Gasteiger partial charge in [-0.15, -0.1) is 0 Å². The van der Waals surface area contributed by atoms with Crippen LogP contribution in [0, 0.1) is 5.82 Å². The molecule has 1 saturated heterocycles. The van der Waals surface area contributed by atoms with Crippen molar-refractivity contribution in [3.8, 4) is 0 Å². The Balaban J connectivity index is 2.04. The predicted octanol–water partition coefficient (Wildman–Crippen LogP) is 2.36. The summed E-state index contributed by atoms with van der Waals surface area (Å²) in [7, 11) is 0. The highest BCUT2D eigenvalue weighted by Crippen LogP contribution is 2.20. The summed E-state index contributed by atoms with van der Waals surface area (Å²) in [6.45, 7) is 5.30. The number of likely N-dealkylation sites (tertiary alicyclic amines) is 1. The van der Waals surface area contributed by atoms with Crippen LogP contribution in [0.15, 0.2) is 18.2 Å². The van der Waals surface area contributed by atoms with Gasteiger partial charge in [0.1, 0.15) is 10.8 Å². The molecule has 0 radical (unpaired) electrons. The number of rotatable bonds is 4. The molecule has 0 aliphatic carbocycles. The zero-order valence-corrected chi connectivity index (χ0v) is 12.0. The van der Waals surface area contributed by atoms with Crippen LogP contribution in [0.25, 0.3) is 0 Å². The molecule has 5 heteroatoms. The Kier molecular flexibility index (Phi) is 4.71. The van der Waals surface area contributed by atoms with Gasteiger partial charge in [0.25, 0.3) is 0 Å². The van der Waals surface area contributed by atoms with Crippen molar-refractivity contribution in [2.24, 2.45) is 5.73 Å². The number of likely N-dealkylation sites (N-methyl/N-ethyl adjacent to an activating group) is 1. The Morgan fingerprint density at radius 3 is 3.00 bits per heavy atom. The minimum absolute atomic E-state index is 0.222. The molecule has 19 heavy (non-hydrogen) atoms. The summed E-state index contributed by atoms with van der Waals surface area (Å²) >= 11 is 4.84. The average Bonchev–Trinajstić information content (AvgIpc) is 2.41. The minimum Gasteiger partial charge on any atom is -0.389 e. The van der Waals surface area contributed by atoms with E-state index >= 15 is 0 Å². The van der Waals surface area contributed by atoms with E-state index in [4.69, 9.17) is 18.0 Å². The van der Waals surface area contributed by atoms with Gasteiger partial charge in [-0.1, -0.05) is 19.1 Å². The first-order valence-corrected chi connectivity index (χ1v) is 7.09. The number of piperidine rings is 1. The van der Waals surface area contributed by atoms with Crippen LogP contribution in [0.2, 0.25) is 0 Å². The third kappa shape index (κ3) is 3.64. The first-order chi connectivity index (χ1) is 9.10. The normalized spacial score (nSPS) is 20.2. The quantitative estimate of drug-likeness (QED) is 0.831. The second-order valence-corrected chi connectivity index (χ2v) is 5.38. The smallest absolute Gasteiger partial charge is 0.146 e. The van der Waals surface area contributed by atoms with E-state index in [0.29, 0.717) is 17.3 Å². The molecule has 0 saturated carbocycles. The molecule has 1 atom stereocenters. The Morgan fingerprint density at radius 2 is 2.37 bits per heavy atom. The number of hydrogen-bond acceptors (Lipinski definition) is 3. The Labute approximate surface area is 119 Å². The number of benzene rings is 1. The minimum atomic E-state index is -0.293. The molecule has 3 N–H and O–H groups in total. The van der Waals surface area contributed by atoms with Crippen LogP contribution in [0.4, 0.5) is 10.1 Å². The summed E-state index contributed by atoms with van der Waals surface area (Å²) in [5.74, 6) is -0.293. The third-order valence-electron chi connectivity index (χ3n) is 3.57. The second kappa shape index (κ2) is 6.30. The fourth-order valence-corrected chi connectivity index (χ4v) is 2.59. The lowest BCUT2D eigenvalue weighted by Gasteiger charge is -2.32. The van der Waals surface area contributed by atoms with Gasteiger partial charge in [-0.3, -0.25) is 0 Å². The average molecular weight is 281 g/mol. The van der Waals surface area contributed by atoms with Gasteiger partial charge in [-0.2, -0.15) is 0 Å². The van der Waals surface area contributed by atoms with Crippen LogP contribution >= 0.6 is 12.2 Å². The van der Waals surface area contributed by atoms with Crippen molar-refractivity contribution < 1.29 is 4.39 Å². The van der Waals surface area contributed by atoms with Crippen LogP contribution < -0.4 is 11.1 Å².